The highest BCUT2D eigenvalue weighted by Crippen LogP contribution is 2.18. The quantitative estimate of drug-likeness (QED) is 0.756. The molecule has 1 atom stereocenters. The van der Waals surface area contributed by atoms with Crippen molar-refractivity contribution in [2.75, 3.05) is 18.5 Å². The van der Waals surface area contributed by atoms with Gasteiger partial charge in [0.15, 0.2) is 0 Å². The fourth-order valence-corrected chi connectivity index (χ4v) is 3.18. The summed E-state index contributed by atoms with van der Waals surface area (Å²) < 4.78 is 5.90. The smallest absolute Gasteiger partial charge is 0.224 e. The molecule has 1 aromatic rings. The van der Waals surface area contributed by atoms with E-state index in [1.807, 2.05) is 12.1 Å². The summed E-state index contributed by atoms with van der Waals surface area (Å²) in [5.41, 5.74) is 2.15. The average Bonchev–Trinajstić information content (AvgIpc) is 2.56. The summed E-state index contributed by atoms with van der Waals surface area (Å²) in [5, 5.41) is 2.97. The zero-order chi connectivity index (χ0) is 18.2. The van der Waals surface area contributed by atoms with Crippen molar-refractivity contribution in [3.05, 3.63) is 29.8 Å². The maximum absolute atomic E-state index is 11.9. The van der Waals surface area contributed by atoms with E-state index in [-0.39, 0.29) is 5.91 Å². The second kappa shape index (κ2) is 9.93. The summed E-state index contributed by atoms with van der Waals surface area (Å²) in [6.07, 6.45) is 4.57. The normalized spacial score (nSPS) is 18.1. The summed E-state index contributed by atoms with van der Waals surface area (Å²) >= 11 is 0. The van der Waals surface area contributed by atoms with E-state index < -0.39 is 0 Å². The molecule has 1 amide bonds. The number of nitrogens with one attached hydrogen (secondary N) is 1. The minimum Gasteiger partial charge on any atom is -0.377 e. The molecule has 25 heavy (non-hydrogen) atoms. The molecular formula is C21H34N2O2. The Hall–Kier alpha value is -1.39. The molecule has 1 saturated heterocycles. The van der Waals surface area contributed by atoms with E-state index in [1.165, 1.54) is 24.8 Å². The summed E-state index contributed by atoms with van der Waals surface area (Å²) in [6, 6.07) is 8.72. The van der Waals surface area contributed by atoms with Crippen LogP contribution in [0, 0.1) is 5.92 Å². The van der Waals surface area contributed by atoms with Gasteiger partial charge in [0, 0.05) is 37.8 Å². The predicted molar refractivity (Wildman–Crippen MR) is 104 cm³/mol. The molecule has 0 spiro atoms. The Balaban J connectivity index is 1.89. The van der Waals surface area contributed by atoms with Gasteiger partial charge >= 0.3 is 0 Å². The first-order chi connectivity index (χ1) is 11.9. The Morgan fingerprint density at radius 1 is 1.20 bits per heavy atom. The molecule has 4 heteroatoms. The van der Waals surface area contributed by atoms with Gasteiger partial charge in [-0.15, -0.1) is 0 Å². The van der Waals surface area contributed by atoms with Gasteiger partial charge < -0.3 is 10.1 Å². The number of benzene rings is 1. The van der Waals surface area contributed by atoms with Crippen molar-refractivity contribution < 1.29 is 9.53 Å². The molecule has 0 radical (unpaired) electrons. The van der Waals surface area contributed by atoms with Crippen molar-refractivity contribution in [1.29, 1.82) is 0 Å². The summed E-state index contributed by atoms with van der Waals surface area (Å²) in [7, 11) is 0. The Morgan fingerprint density at radius 3 is 2.48 bits per heavy atom. The number of rotatable bonds is 8. The van der Waals surface area contributed by atoms with Crippen LogP contribution in [-0.4, -0.2) is 36.1 Å². The largest absolute Gasteiger partial charge is 0.377 e. The second-order valence-electron chi connectivity index (χ2n) is 7.85. The topological polar surface area (TPSA) is 41.6 Å². The van der Waals surface area contributed by atoms with Crippen LogP contribution < -0.4 is 5.32 Å². The third-order valence-corrected chi connectivity index (χ3v) is 4.66. The van der Waals surface area contributed by atoms with E-state index in [1.54, 1.807) is 0 Å². The van der Waals surface area contributed by atoms with Gasteiger partial charge in [0.2, 0.25) is 5.91 Å². The van der Waals surface area contributed by atoms with Gasteiger partial charge in [-0.05, 0) is 56.7 Å². The minimum atomic E-state index is 0.0843. The lowest BCUT2D eigenvalue weighted by molar-refractivity contribution is -0.116. The van der Waals surface area contributed by atoms with Crippen LogP contribution in [-0.2, 0) is 16.1 Å². The van der Waals surface area contributed by atoms with Gasteiger partial charge in [0.1, 0.15) is 0 Å². The second-order valence-corrected chi connectivity index (χ2v) is 7.85. The summed E-state index contributed by atoms with van der Waals surface area (Å²) in [6.45, 7) is 11.4. The predicted octanol–water partition coefficient (Wildman–Crippen LogP) is 4.45. The maximum atomic E-state index is 11.9. The first kappa shape index (κ1) is 19.9. The first-order valence-electron chi connectivity index (χ1n) is 9.68. The third-order valence-electron chi connectivity index (χ3n) is 4.66. The van der Waals surface area contributed by atoms with Crippen LogP contribution in [0.1, 0.15) is 58.9 Å². The highest BCUT2D eigenvalue weighted by Gasteiger charge is 2.19. The molecule has 1 fully saturated rings. The van der Waals surface area contributed by atoms with Gasteiger partial charge in [-0.2, -0.15) is 0 Å². The number of hydrogen-bond donors (Lipinski definition) is 1. The zero-order valence-electron chi connectivity index (χ0n) is 16.3. The van der Waals surface area contributed by atoms with Crippen molar-refractivity contribution in [3.63, 3.8) is 0 Å². The van der Waals surface area contributed by atoms with Gasteiger partial charge in [0.25, 0.3) is 0 Å². The van der Waals surface area contributed by atoms with E-state index in [0.717, 1.165) is 25.4 Å². The van der Waals surface area contributed by atoms with Crippen LogP contribution in [0.3, 0.4) is 0 Å². The molecular weight excluding hydrogens is 312 g/mol. The first-order valence-corrected chi connectivity index (χ1v) is 9.68. The molecule has 0 aromatic heterocycles. The van der Waals surface area contributed by atoms with E-state index >= 15 is 0 Å². The van der Waals surface area contributed by atoms with Crippen molar-refractivity contribution in [3.8, 4) is 0 Å². The number of amides is 1. The Morgan fingerprint density at radius 2 is 1.92 bits per heavy atom. The molecule has 1 aromatic carbocycles. The van der Waals surface area contributed by atoms with Crippen molar-refractivity contribution in [2.45, 2.75) is 72.1 Å². The van der Waals surface area contributed by atoms with E-state index in [9.17, 15) is 4.79 Å². The number of carbonyl (C=O) groups is 1. The highest BCUT2D eigenvalue weighted by molar-refractivity contribution is 5.90. The van der Waals surface area contributed by atoms with Crippen molar-refractivity contribution in [1.82, 2.24) is 4.90 Å². The lowest BCUT2D eigenvalue weighted by Crippen LogP contribution is -2.39. The minimum absolute atomic E-state index is 0.0843. The Kier molecular flexibility index (Phi) is 7.91. The Bertz CT molecular complexity index is 519. The average molecular weight is 347 g/mol. The Labute approximate surface area is 152 Å². The standard InChI is InChI=1S/C21H34N2O2/c1-16(2)13-21(24)22-19-10-8-18(9-11-19)14-23(17(3)4)15-20-7-5-6-12-25-20/h8-11,16-17,20H,5-7,12-15H2,1-4H3,(H,22,24)/t20-/m1/s1. The molecule has 0 bridgehead atoms. The van der Waals surface area contributed by atoms with E-state index in [2.05, 4.69) is 50.0 Å². The maximum Gasteiger partial charge on any atom is 0.224 e. The molecule has 1 aliphatic heterocycles. The van der Waals surface area contributed by atoms with Gasteiger partial charge in [-0.3, -0.25) is 9.69 Å². The highest BCUT2D eigenvalue weighted by atomic mass is 16.5. The summed E-state index contributed by atoms with van der Waals surface area (Å²) in [4.78, 5) is 14.3. The number of hydrogen-bond acceptors (Lipinski definition) is 3. The van der Waals surface area contributed by atoms with Crippen LogP contribution in [0.2, 0.25) is 0 Å². The fourth-order valence-electron chi connectivity index (χ4n) is 3.18. The molecule has 2 rings (SSSR count). The van der Waals surface area contributed by atoms with Crippen LogP contribution >= 0.6 is 0 Å². The monoisotopic (exact) mass is 346 g/mol. The number of ether oxygens (including phenoxy) is 1. The molecule has 1 N–H and O–H groups in total. The third kappa shape index (κ3) is 7.17. The van der Waals surface area contributed by atoms with Gasteiger partial charge in [-0.25, -0.2) is 0 Å². The molecule has 4 nitrogen and oxygen atoms in total. The van der Waals surface area contributed by atoms with E-state index in [4.69, 9.17) is 4.74 Å². The number of nitrogens with zero attached hydrogens (tertiary/aromatic N) is 1. The SMILES string of the molecule is CC(C)CC(=O)Nc1ccc(CN(C[C@H]2CCCCO2)C(C)C)cc1. The van der Waals surface area contributed by atoms with Crippen molar-refractivity contribution in [2.24, 2.45) is 5.92 Å². The van der Waals surface area contributed by atoms with Crippen LogP contribution in [0.15, 0.2) is 24.3 Å². The molecule has 140 valence electrons. The molecule has 0 aliphatic carbocycles. The summed E-state index contributed by atoms with van der Waals surface area (Å²) in [5.74, 6) is 0.460. The van der Waals surface area contributed by atoms with Crippen LogP contribution in [0.5, 0.6) is 0 Å². The van der Waals surface area contributed by atoms with Crippen LogP contribution in [0.25, 0.3) is 0 Å². The lowest BCUT2D eigenvalue weighted by Gasteiger charge is -2.32. The molecule has 1 aliphatic rings. The molecule has 0 unspecified atom stereocenters. The molecule has 1 heterocycles. The lowest BCUT2D eigenvalue weighted by atomic mass is 10.1. The van der Waals surface area contributed by atoms with Crippen molar-refractivity contribution >= 4 is 11.6 Å². The number of anilines is 1. The van der Waals surface area contributed by atoms with Crippen LogP contribution in [0.4, 0.5) is 5.69 Å². The fraction of sp³-hybridized carbons (Fsp3) is 0.667. The zero-order valence-corrected chi connectivity index (χ0v) is 16.3. The number of carbonyl (C=O) groups excluding carboxylic acids is 1. The van der Waals surface area contributed by atoms with Gasteiger partial charge in [-0.1, -0.05) is 26.0 Å². The van der Waals surface area contributed by atoms with E-state index in [0.29, 0.717) is 24.5 Å². The van der Waals surface area contributed by atoms with Gasteiger partial charge in [0.05, 0.1) is 6.10 Å². The molecule has 0 saturated carbocycles.